The standard InChI is InChI=1S/C14H11BrO3/c1-18-14(17)13-10-5-3-2-4-9(10)6-7-11(13)12(16)8-15/h2-7H,8H2,1H3. The van der Waals surface area contributed by atoms with Crippen LogP contribution in [0.4, 0.5) is 0 Å². The first-order valence-electron chi connectivity index (χ1n) is 5.38. The highest BCUT2D eigenvalue weighted by atomic mass is 79.9. The van der Waals surface area contributed by atoms with Gasteiger partial charge in [0.2, 0.25) is 0 Å². The minimum absolute atomic E-state index is 0.138. The van der Waals surface area contributed by atoms with Crippen LogP contribution in [0.5, 0.6) is 0 Å². The summed E-state index contributed by atoms with van der Waals surface area (Å²) < 4.78 is 4.77. The lowest BCUT2D eigenvalue weighted by Crippen LogP contribution is -2.12. The molecule has 2 aromatic carbocycles. The van der Waals surface area contributed by atoms with Crippen molar-refractivity contribution in [3.63, 3.8) is 0 Å². The lowest BCUT2D eigenvalue weighted by molar-refractivity contribution is 0.0599. The second kappa shape index (κ2) is 5.31. The van der Waals surface area contributed by atoms with Crippen molar-refractivity contribution in [3.05, 3.63) is 47.5 Å². The number of hydrogen-bond acceptors (Lipinski definition) is 3. The Labute approximate surface area is 113 Å². The van der Waals surface area contributed by atoms with Gasteiger partial charge >= 0.3 is 5.97 Å². The van der Waals surface area contributed by atoms with Crippen molar-refractivity contribution in [3.8, 4) is 0 Å². The SMILES string of the molecule is COC(=O)c1c(C(=O)CBr)ccc2ccccc12. The highest BCUT2D eigenvalue weighted by Crippen LogP contribution is 2.24. The van der Waals surface area contributed by atoms with Crippen LogP contribution in [0.15, 0.2) is 36.4 Å². The van der Waals surface area contributed by atoms with Gasteiger partial charge in [0.05, 0.1) is 18.0 Å². The van der Waals surface area contributed by atoms with Crippen LogP contribution in [-0.2, 0) is 4.74 Å². The van der Waals surface area contributed by atoms with Crippen LogP contribution in [0.3, 0.4) is 0 Å². The Balaban J connectivity index is 2.79. The normalized spacial score (nSPS) is 10.3. The molecule has 92 valence electrons. The molecule has 0 saturated heterocycles. The molecule has 2 rings (SSSR count). The largest absolute Gasteiger partial charge is 0.465 e. The van der Waals surface area contributed by atoms with Crippen LogP contribution in [0.2, 0.25) is 0 Å². The van der Waals surface area contributed by atoms with Gasteiger partial charge in [-0.2, -0.15) is 0 Å². The summed E-state index contributed by atoms with van der Waals surface area (Å²) in [5.74, 6) is -0.628. The fraction of sp³-hybridized carbons (Fsp3) is 0.143. The van der Waals surface area contributed by atoms with Crippen LogP contribution in [0, 0.1) is 0 Å². The maximum Gasteiger partial charge on any atom is 0.339 e. The fourth-order valence-corrected chi connectivity index (χ4v) is 2.20. The zero-order valence-electron chi connectivity index (χ0n) is 9.77. The summed E-state index contributed by atoms with van der Waals surface area (Å²) in [5, 5.41) is 1.81. The molecular formula is C14H11BrO3. The van der Waals surface area contributed by atoms with E-state index in [9.17, 15) is 9.59 Å². The summed E-state index contributed by atoms with van der Waals surface area (Å²) in [5.41, 5.74) is 0.720. The van der Waals surface area contributed by atoms with Crippen LogP contribution in [0.1, 0.15) is 20.7 Å². The number of alkyl halides is 1. The van der Waals surface area contributed by atoms with E-state index in [0.717, 1.165) is 10.8 Å². The highest BCUT2D eigenvalue weighted by molar-refractivity contribution is 9.09. The van der Waals surface area contributed by atoms with Gasteiger partial charge < -0.3 is 4.74 Å². The van der Waals surface area contributed by atoms with Crippen LogP contribution < -0.4 is 0 Å². The molecule has 0 fully saturated rings. The molecule has 0 aliphatic heterocycles. The Morgan fingerprint density at radius 3 is 2.56 bits per heavy atom. The molecule has 0 atom stereocenters. The quantitative estimate of drug-likeness (QED) is 0.497. The molecule has 0 aliphatic rings. The molecule has 2 aromatic rings. The Kier molecular flexibility index (Phi) is 3.77. The van der Waals surface area contributed by atoms with Gasteiger partial charge in [-0.1, -0.05) is 46.3 Å². The highest BCUT2D eigenvalue weighted by Gasteiger charge is 2.19. The average Bonchev–Trinajstić information content (AvgIpc) is 2.44. The number of ether oxygens (including phenoxy) is 1. The third-order valence-corrected chi connectivity index (χ3v) is 3.25. The van der Waals surface area contributed by atoms with E-state index in [4.69, 9.17) is 4.74 Å². The van der Waals surface area contributed by atoms with Crippen molar-refractivity contribution < 1.29 is 14.3 Å². The van der Waals surface area contributed by atoms with Crippen molar-refractivity contribution in [1.29, 1.82) is 0 Å². The first-order valence-corrected chi connectivity index (χ1v) is 6.50. The maximum atomic E-state index is 11.9. The van der Waals surface area contributed by atoms with Gasteiger partial charge in [0.15, 0.2) is 5.78 Å². The van der Waals surface area contributed by atoms with E-state index < -0.39 is 5.97 Å². The number of esters is 1. The summed E-state index contributed by atoms with van der Waals surface area (Å²) in [6, 6.07) is 10.9. The number of fused-ring (bicyclic) bond motifs is 1. The number of hydrogen-bond donors (Lipinski definition) is 0. The number of carbonyl (C=O) groups is 2. The molecular weight excluding hydrogens is 296 g/mol. The molecule has 0 N–H and O–H groups in total. The zero-order chi connectivity index (χ0) is 13.1. The second-order valence-corrected chi connectivity index (χ2v) is 4.32. The summed E-state index contributed by atoms with van der Waals surface area (Å²) in [7, 11) is 1.31. The van der Waals surface area contributed by atoms with Crippen LogP contribution >= 0.6 is 15.9 Å². The Bertz CT molecular complexity index is 619. The second-order valence-electron chi connectivity index (χ2n) is 3.76. The number of halogens is 1. The number of methoxy groups -OCH3 is 1. The molecule has 18 heavy (non-hydrogen) atoms. The zero-order valence-corrected chi connectivity index (χ0v) is 11.4. The van der Waals surface area contributed by atoms with Crippen LogP contribution in [-0.4, -0.2) is 24.2 Å². The molecule has 0 aromatic heterocycles. The predicted octanol–water partition coefficient (Wildman–Crippen LogP) is 3.20. The average molecular weight is 307 g/mol. The number of Topliss-reactive ketones (excluding diaryl/α,β-unsaturated/α-hetero) is 1. The third kappa shape index (κ3) is 2.16. The summed E-state index contributed by atoms with van der Waals surface area (Å²) >= 11 is 3.12. The summed E-state index contributed by atoms with van der Waals surface area (Å²) in [4.78, 5) is 23.7. The monoisotopic (exact) mass is 306 g/mol. The Morgan fingerprint density at radius 2 is 1.89 bits per heavy atom. The maximum absolute atomic E-state index is 11.9. The number of benzene rings is 2. The summed E-state index contributed by atoms with van der Waals surface area (Å²) in [6.07, 6.45) is 0. The van der Waals surface area contributed by atoms with E-state index >= 15 is 0 Å². The Hall–Kier alpha value is -1.68. The first-order chi connectivity index (χ1) is 8.69. The van der Waals surface area contributed by atoms with Gasteiger partial charge in [-0.25, -0.2) is 4.79 Å². The molecule has 0 saturated carbocycles. The number of ketones is 1. The van der Waals surface area contributed by atoms with Gasteiger partial charge in [-0.15, -0.1) is 0 Å². The number of carbonyl (C=O) groups excluding carboxylic acids is 2. The predicted molar refractivity (Wildman–Crippen MR) is 73.4 cm³/mol. The van der Waals surface area contributed by atoms with Crippen LogP contribution in [0.25, 0.3) is 10.8 Å². The molecule has 0 bridgehead atoms. The van der Waals surface area contributed by atoms with Crippen molar-refractivity contribution >= 4 is 38.5 Å². The molecule has 4 heteroatoms. The molecule has 0 aliphatic carbocycles. The molecule has 0 radical (unpaired) electrons. The lowest BCUT2D eigenvalue weighted by atomic mass is 9.97. The fourth-order valence-electron chi connectivity index (χ4n) is 1.90. The van der Waals surface area contributed by atoms with E-state index in [-0.39, 0.29) is 11.1 Å². The van der Waals surface area contributed by atoms with Crippen molar-refractivity contribution in [2.75, 3.05) is 12.4 Å². The Morgan fingerprint density at radius 1 is 1.17 bits per heavy atom. The van der Waals surface area contributed by atoms with E-state index in [0.29, 0.717) is 11.1 Å². The number of rotatable bonds is 3. The van der Waals surface area contributed by atoms with E-state index in [1.807, 2.05) is 30.3 Å². The first kappa shape index (κ1) is 12.8. The van der Waals surface area contributed by atoms with Crippen molar-refractivity contribution in [2.24, 2.45) is 0 Å². The van der Waals surface area contributed by atoms with Gasteiger partial charge in [0, 0.05) is 5.56 Å². The topological polar surface area (TPSA) is 43.4 Å². The lowest BCUT2D eigenvalue weighted by Gasteiger charge is -2.09. The van der Waals surface area contributed by atoms with Crippen molar-refractivity contribution in [1.82, 2.24) is 0 Å². The minimum Gasteiger partial charge on any atom is -0.465 e. The van der Waals surface area contributed by atoms with E-state index in [2.05, 4.69) is 15.9 Å². The smallest absolute Gasteiger partial charge is 0.339 e. The molecule has 0 spiro atoms. The minimum atomic E-state index is -0.490. The molecule has 3 nitrogen and oxygen atoms in total. The van der Waals surface area contributed by atoms with Gasteiger partial charge in [0.25, 0.3) is 0 Å². The summed E-state index contributed by atoms with van der Waals surface area (Å²) in [6.45, 7) is 0. The van der Waals surface area contributed by atoms with Gasteiger partial charge in [0.1, 0.15) is 0 Å². The van der Waals surface area contributed by atoms with Crippen molar-refractivity contribution in [2.45, 2.75) is 0 Å². The molecule has 0 unspecified atom stereocenters. The molecule has 0 heterocycles. The third-order valence-electron chi connectivity index (χ3n) is 2.74. The van der Waals surface area contributed by atoms with Gasteiger partial charge in [-0.05, 0) is 16.8 Å². The molecule has 0 amide bonds. The van der Waals surface area contributed by atoms with E-state index in [1.165, 1.54) is 7.11 Å². The van der Waals surface area contributed by atoms with E-state index in [1.54, 1.807) is 6.07 Å². The van der Waals surface area contributed by atoms with Gasteiger partial charge in [-0.3, -0.25) is 4.79 Å².